The fourth-order valence-electron chi connectivity index (χ4n) is 4.02. The summed E-state index contributed by atoms with van der Waals surface area (Å²) in [6, 6.07) is 11.2. The van der Waals surface area contributed by atoms with E-state index >= 15 is 0 Å². The third kappa shape index (κ3) is 3.26. The number of hydrogen-bond acceptors (Lipinski definition) is 6. The summed E-state index contributed by atoms with van der Waals surface area (Å²) in [7, 11) is 0. The molecule has 2 amide bonds. The number of carbonyl (C=O) groups excluding carboxylic acids is 2. The maximum Gasteiger partial charge on any atom is 0.249 e. The number of para-hydroxylation sites is 1. The highest BCUT2D eigenvalue weighted by molar-refractivity contribution is 6.01. The number of nitrogens with one attached hydrogen (secondary N) is 1. The number of benzene rings is 1. The van der Waals surface area contributed by atoms with E-state index in [1.54, 1.807) is 17.3 Å². The van der Waals surface area contributed by atoms with Crippen LogP contribution in [0.5, 0.6) is 0 Å². The molecule has 1 fully saturated rings. The average molecular weight is 389 g/mol. The molecular weight excluding hydrogens is 370 g/mol. The maximum atomic E-state index is 13.2. The lowest BCUT2D eigenvalue weighted by Crippen LogP contribution is -2.37. The van der Waals surface area contributed by atoms with Gasteiger partial charge in [-0.05, 0) is 30.2 Å². The summed E-state index contributed by atoms with van der Waals surface area (Å²) in [4.78, 5) is 31.1. The highest BCUT2D eigenvalue weighted by Gasteiger charge is 2.37. The van der Waals surface area contributed by atoms with Crippen LogP contribution in [0.3, 0.4) is 0 Å². The number of rotatable bonds is 3. The van der Waals surface area contributed by atoms with Gasteiger partial charge in [0.05, 0.1) is 17.4 Å². The summed E-state index contributed by atoms with van der Waals surface area (Å²) in [5, 5.41) is 11.1. The van der Waals surface area contributed by atoms with Crippen molar-refractivity contribution in [3.05, 3.63) is 60.2 Å². The van der Waals surface area contributed by atoms with Gasteiger partial charge in [-0.3, -0.25) is 14.6 Å². The number of anilines is 1. The topological polar surface area (TPSA) is 101 Å². The van der Waals surface area contributed by atoms with E-state index in [2.05, 4.69) is 20.5 Å². The van der Waals surface area contributed by atoms with Gasteiger partial charge in [0.25, 0.3) is 0 Å². The molecule has 8 heteroatoms. The third-order valence-electron chi connectivity index (χ3n) is 5.50. The third-order valence-corrected chi connectivity index (χ3v) is 5.50. The first-order valence-corrected chi connectivity index (χ1v) is 9.60. The fourth-order valence-corrected chi connectivity index (χ4v) is 4.02. The van der Waals surface area contributed by atoms with Gasteiger partial charge in [0.2, 0.25) is 23.6 Å². The van der Waals surface area contributed by atoms with Crippen molar-refractivity contribution in [2.45, 2.75) is 24.7 Å². The number of likely N-dealkylation sites (tertiary alicyclic amines) is 1. The molecule has 5 rings (SSSR count). The van der Waals surface area contributed by atoms with E-state index in [1.165, 1.54) is 0 Å². The lowest BCUT2D eigenvalue weighted by Gasteiger charge is -2.28. The Bertz CT molecular complexity index is 1060. The molecule has 0 saturated carbocycles. The minimum Gasteiger partial charge on any atom is -0.420 e. The van der Waals surface area contributed by atoms with Gasteiger partial charge in [-0.25, -0.2) is 0 Å². The molecule has 29 heavy (non-hydrogen) atoms. The van der Waals surface area contributed by atoms with Gasteiger partial charge < -0.3 is 14.6 Å². The molecule has 2 aromatic heterocycles. The van der Waals surface area contributed by atoms with Crippen molar-refractivity contribution in [3.8, 4) is 11.5 Å². The van der Waals surface area contributed by atoms with Crippen molar-refractivity contribution in [2.75, 3.05) is 18.4 Å². The maximum absolute atomic E-state index is 13.2. The minimum absolute atomic E-state index is 0.00969. The van der Waals surface area contributed by atoms with Crippen LogP contribution >= 0.6 is 0 Å². The Labute approximate surface area is 167 Å². The van der Waals surface area contributed by atoms with Gasteiger partial charge in [0, 0.05) is 37.6 Å². The van der Waals surface area contributed by atoms with E-state index in [0.29, 0.717) is 24.9 Å². The van der Waals surface area contributed by atoms with Crippen molar-refractivity contribution in [1.29, 1.82) is 0 Å². The van der Waals surface area contributed by atoms with Crippen LogP contribution in [0.25, 0.3) is 11.5 Å². The van der Waals surface area contributed by atoms with Gasteiger partial charge in [-0.2, -0.15) is 0 Å². The molecule has 146 valence electrons. The molecule has 1 aromatic carbocycles. The zero-order chi connectivity index (χ0) is 19.8. The lowest BCUT2D eigenvalue weighted by molar-refractivity contribution is -0.134. The molecule has 8 nitrogen and oxygen atoms in total. The first-order valence-electron chi connectivity index (χ1n) is 9.60. The second-order valence-electron chi connectivity index (χ2n) is 7.35. The van der Waals surface area contributed by atoms with Crippen molar-refractivity contribution >= 4 is 17.5 Å². The Morgan fingerprint density at radius 2 is 2.07 bits per heavy atom. The summed E-state index contributed by atoms with van der Waals surface area (Å²) < 4.78 is 5.84. The molecule has 4 heterocycles. The summed E-state index contributed by atoms with van der Waals surface area (Å²) >= 11 is 0. The summed E-state index contributed by atoms with van der Waals surface area (Å²) in [5.41, 5.74) is 2.36. The van der Waals surface area contributed by atoms with E-state index in [9.17, 15) is 9.59 Å². The Morgan fingerprint density at radius 3 is 2.93 bits per heavy atom. The Balaban J connectivity index is 1.32. The molecular formula is C21H19N5O3. The Kier molecular flexibility index (Phi) is 4.31. The van der Waals surface area contributed by atoms with E-state index in [4.69, 9.17) is 4.42 Å². The SMILES string of the molecule is O=C1CC(C(=O)N2CCC(c3nnc(-c4cccnc4)o3)C2)c2ccccc2N1. The second-order valence-corrected chi connectivity index (χ2v) is 7.35. The standard InChI is InChI=1S/C21H19N5O3/c27-18-10-16(15-5-1-2-6-17(15)23-18)21(28)26-9-7-14(12-26)20-25-24-19(29-20)13-4-3-8-22-11-13/h1-6,8,11,14,16H,7,9-10,12H2,(H,23,27). The van der Waals surface area contributed by atoms with Gasteiger partial charge >= 0.3 is 0 Å². The number of hydrogen-bond donors (Lipinski definition) is 1. The molecule has 1 saturated heterocycles. The number of aromatic nitrogens is 3. The van der Waals surface area contributed by atoms with Gasteiger partial charge in [0.1, 0.15) is 0 Å². The van der Waals surface area contributed by atoms with Gasteiger partial charge in [-0.15, -0.1) is 10.2 Å². The highest BCUT2D eigenvalue weighted by Crippen LogP contribution is 2.36. The van der Waals surface area contributed by atoms with E-state index in [1.807, 2.05) is 36.4 Å². The number of amides is 2. The number of fused-ring (bicyclic) bond motifs is 1. The number of nitrogens with zero attached hydrogens (tertiary/aromatic N) is 4. The van der Waals surface area contributed by atoms with E-state index < -0.39 is 5.92 Å². The molecule has 0 radical (unpaired) electrons. The summed E-state index contributed by atoms with van der Waals surface area (Å²) in [6.07, 6.45) is 4.28. The largest absolute Gasteiger partial charge is 0.420 e. The van der Waals surface area contributed by atoms with Crippen LogP contribution in [0.15, 0.2) is 53.2 Å². The van der Waals surface area contributed by atoms with Crippen molar-refractivity contribution in [2.24, 2.45) is 0 Å². The van der Waals surface area contributed by atoms with E-state index in [0.717, 1.165) is 23.2 Å². The minimum atomic E-state index is -0.452. The molecule has 0 spiro atoms. The Morgan fingerprint density at radius 1 is 1.17 bits per heavy atom. The normalized spacial score (nSPS) is 21.0. The summed E-state index contributed by atoms with van der Waals surface area (Å²) in [6.45, 7) is 1.11. The monoisotopic (exact) mass is 389 g/mol. The first-order chi connectivity index (χ1) is 14.2. The smallest absolute Gasteiger partial charge is 0.249 e. The average Bonchev–Trinajstić information content (AvgIpc) is 3.43. The highest BCUT2D eigenvalue weighted by atomic mass is 16.4. The molecule has 0 bridgehead atoms. The van der Waals surface area contributed by atoms with Crippen molar-refractivity contribution in [1.82, 2.24) is 20.1 Å². The van der Waals surface area contributed by atoms with E-state index in [-0.39, 0.29) is 24.2 Å². The number of pyridine rings is 1. The molecule has 3 aromatic rings. The first kappa shape index (κ1) is 17.5. The van der Waals surface area contributed by atoms with Crippen LogP contribution < -0.4 is 5.32 Å². The lowest BCUT2D eigenvalue weighted by atomic mass is 9.89. The van der Waals surface area contributed by atoms with Crippen LogP contribution in [0.1, 0.15) is 36.1 Å². The van der Waals surface area contributed by atoms with Crippen LogP contribution in [0.4, 0.5) is 5.69 Å². The fraction of sp³-hybridized carbons (Fsp3) is 0.286. The molecule has 1 N–H and O–H groups in total. The second kappa shape index (κ2) is 7.12. The molecule has 2 unspecified atom stereocenters. The van der Waals surface area contributed by atoms with Crippen LogP contribution in [0.2, 0.25) is 0 Å². The Hall–Kier alpha value is -3.55. The summed E-state index contributed by atoms with van der Waals surface area (Å²) in [5.74, 6) is 0.339. The molecule has 0 aliphatic carbocycles. The molecule has 2 aliphatic rings. The van der Waals surface area contributed by atoms with Crippen LogP contribution in [-0.4, -0.2) is 45.0 Å². The van der Waals surface area contributed by atoms with Crippen molar-refractivity contribution < 1.29 is 14.0 Å². The van der Waals surface area contributed by atoms with Gasteiger partial charge in [-0.1, -0.05) is 18.2 Å². The van der Waals surface area contributed by atoms with Crippen molar-refractivity contribution in [3.63, 3.8) is 0 Å². The van der Waals surface area contributed by atoms with Gasteiger partial charge in [0.15, 0.2) is 0 Å². The van der Waals surface area contributed by atoms with Crippen LogP contribution in [-0.2, 0) is 9.59 Å². The predicted molar refractivity (Wildman–Crippen MR) is 104 cm³/mol. The zero-order valence-corrected chi connectivity index (χ0v) is 15.6. The molecule has 2 aliphatic heterocycles. The van der Waals surface area contributed by atoms with Crippen LogP contribution in [0, 0.1) is 0 Å². The quantitative estimate of drug-likeness (QED) is 0.739. The predicted octanol–water partition coefficient (Wildman–Crippen LogP) is 2.57. The molecule has 2 atom stereocenters. The zero-order valence-electron chi connectivity index (χ0n) is 15.6. The number of carbonyl (C=O) groups is 2.